The lowest BCUT2D eigenvalue weighted by Crippen LogP contribution is -2.23. The van der Waals surface area contributed by atoms with Crippen molar-refractivity contribution in [1.82, 2.24) is 5.32 Å². The molecule has 0 radical (unpaired) electrons. The second-order valence-electron chi connectivity index (χ2n) is 4.79. The van der Waals surface area contributed by atoms with Gasteiger partial charge in [-0.25, -0.2) is 4.39 Å². The number of aryl methyl sites for hydroxylation is 1. The first kappa shape index (κ1) is 15.0. The predicted octanol–water partition coefficient (Wildman–Crippen LogP) is 4.10. The first-order valence-electron chi connectivity index (χ1n) is 6.74. The normalized spacial score (nSPS) is 12.4. The number of benzene rings is 1. The predicted molar refractivity (Wildman–Crippen MR) is 82.1 cm³/mol. The summed E-state index contributed by atoms with van der Waals surface area (Å²) < 4.78 is 18.7. The molecule has 0 fully saturated rings. The third-order valence-corrected chi connectivity index (χ3v) is 4.26. The van der Waals surface area contributed by atoms with Gasteiger partial charge in [0, 0.05) is 6.04 Å². The van der Waals surface area contributed by atoms with Crippen LogP contribution < -0.4 is 10.1 Å². The first-order chi connectivity index (χ1) is 9.65. The molecule has 2 aromatic rings. The first-order valence-corrected chi connectivity index (χ1v) is 7.68. The van der Waals surface area contributed by atoms with E-state index in [-0.39, 0.29) is 11.9 Å². The average molecular weight is 293 g/mol. The Morgan fingerprint density at radius 1 is 1.35 bits per heavy atom. The molecule has 0 saturated heterocycles. The van der Waals surface area contributed by atoms with E-state index in [9.17, 15) is 4.39 Å². The number of rotatable bonds is 6. The molecule has 4 heteroatoms. The standard InChI is InChI=1S/C16H20FNOS/c1-4-18-15(13-10-20-9-11(13)2)8-12-5-6-16(19-3)14(17)7-12/h5-7,9-10,15,18H,4,8H2,1-3H3. The Morgan fingerprint density at radius 3 is 2.70 bits per heavy atom. The van der Waals surface area contributed by atoms with Gasteiger partial charge in [-0.15, -0.1) is 0 Å². The SMILES string of the molecule is CCNC(Cc1ccc(OC)c(F)c1)c1cscc1C. The summed E-state index contributed by atoms with van der Waals surface area (Å²) in [6.45, 7) is 5.09. The largest absolute Gasteiger partial charge is 0.494 e. The van der Waals surface area contributed by atoms with Crippen LogP contribution in [-0.4, -0.2) is 13.7 Å². The van der Waals surface area contributed by atoms with Crippen LogP contribution in [0.3, 0.4) is 0 Å². The van der Waals surface area contributed by atoms with Crippen molar-refractivity contribution in [2.24, 2.45) is 0 Å². The molecule has 1 unspecified atom stereocenters. The lowest BCUT2D eigenvalue weighted by Gasteiger charge is -2.18. The highest BCUT2D eigenvalue weighted by atomic mass is 32.1. The molecule has 0 aliphatic rings. The molecule has 1 aromatic carbocycles. The number of likely N-dealkylation sites (N-methyl/N-ethyl adjacent to an activating group) is 1. The van der Waals surface area contributed by atoms with Crippen LogP contribution in [0.2, 0.25) is 0 Å². The van der Waals surface area contributed by atoms with Crippen molar-refractivity contribution in [3.63, 3.8) is 0 Å². The molecule has 0 amide bonds. The molecule has 20 heavy (non-hydrogen) atoms. The zero-order valence-corrected chi connectivity index (χ0v) is 12.9. The quantitative estimate of drug-likeness (QED) is 0.866. The summed E-state index contributed by atoms with van der Waals surface area (Å²) in [4.78, 5) is 0. The van der Waals surface area contributed by atoms with Crippen molar-refractivity contribution < 1.29 is 9.13 Å². The van der Waals surface area contributed by atoms with Crippen LogP contribution in [0.5, 0.6) is 5.75 Å². The van der Waals surface area contributed by atoms with E-state index >= 15 is 0 Å². The van der Waals surface area contributed by atoms with E-state index in [4.69, 9.17) is 4.74 Å². The van der Waals surface area contributed by atoms with Crippen LogP contribution in [0.15, 0.2) is 29.0 Å². The summed E-state index contributed by atoms with van der Waals surface area (Å²) in [6, 6.07) is 5.39. The summed E-state index contributed by atoms with van der Waals surface area (Å²) in [5.74, 6) is -0.0113. The van der Waals surface area contributed by atoms with Crippen LogP contribution in [-0.2, 0) is 6.42 Å². The van der Waals surface area contributed by atoms with Crippen molar-refractivity contribution in [3.05, 3.63) is 51.5 Å². The molecule has 1 atom stereocenters. The van der Waals surface area contributed by atoms with Crippen LogP contribution in [0.1, 0.15) is 29.7 Å². The minimum Gasteiger partial charge on any atom is -0.494 e. The molecule has 1 N–H and O–H groups in total. The number of ether oxygens (including phenoxy) is 1. The average Bonchev–Trinajstić information content (AvgIpc) is 2.85. The Kier molecular flexibility index (Phi) is 5.15. The molecule has 0 aliphatic carbocycles. The molecule has 0 bridgehead atoms. The second kappa shape index (κ2) is 6.86. The van der Waals surface area contributed by atoms with E-state index in [2.05, 4.69) is 29.9 Å². The molecule has 2 nitrogen and oxygen atoms in total. The second-order valence-corrected chi connectivity index (χ2v) is 5.54. The number of thiophene rings is 1. The molecule has 2 rings (SSSR count). The third-order valence-electron chi connectivity index (χ3n) is 3.38. The van der Waals surface area contributed by atoms with Crippen molar-refractivity contribution in [2.75, 3.05) is 13.7 Å². The Hall–Kier alpha value is -1.39. The van der Waals surface area contributed by atoms with Gasteiger partial charge in [-0.05, 0) is 59.5 Å². The highest BCUT2D eigenvalue weighted by molar-refractivity contribution is 7.08. The van der Waals surface area contributed by atoms with Crippen LogP contribution in [0.4, 0.5) is 4.39 Å². The van der Waals surface area contributed by atoms with Crippen molar-refractivity contribution in [3.8, 4) is 5.75 Å². The van der Waals surface area contributed by atoms with Gasteiger partial charge in [0.1, 0.15) is 0 Å². The number of hydrogen-bond acceptors (Lipinski definition) is 3. The fourth-order valence-corrected chi connectivity index (χ4v) is 3.24. The lowest BCUT2D eigenvalue weighted by atomic mass is 9.98. The molecule has 1 heterocycles. The van der Waals surface area contributed by atoms with Gasteiger partial charge in [-0.2, -0.15) is 11.3 Å². The van der Waals surface area contributed by atoms with Crippen molar-refractivity contribution in [1.29, 1.82) is 0 Å². The van der Waals surface area contributed by atoms with Gasteiger partial charge >= 0.3 is 0 Å². The number of halogens is 1. The zero-order chi connectivity index (χ0) is 14.5. The minimum absolute atomic E-state index is 0.221. The highest BCUT2D eigenvalue weighted by Gasteiger charge is 2.15. The smallest absolute Gasteiger partial charge is 0.165 e. The fourth-order valence-electron chi connectivity index (χ4n) is 2.34. The van der Waals surface area contributed by atoms with Gasteiger partial charge in [-0.1, -0.05) is 13.0 Å². The number of hydrogen-bond donors (Lipinski definition) is 1. The van der Waals surface area contributed by atoms with Crippen molar-refractivity contribution in [2.45, 2.75) is 26.3 Å². The molecule has 0 spiro atoms. The molecule has 0 saturated carbocycles. The van der Waals surface area contributed by atoms with E-state index in [0.717, 1.165) is 18.5 Å². The Morgan fingerprint density at radius 2 is 2.15 bits per heavy atom. The van der Waals surface area contributed by atoms with Crippen LogP contribution >= 0.6 is 11.3 Å². The fraction of sp³-hybridized carbons (Fsp3) is 0.375. The van der Waals surface area contributed by atoms with Gasteiger partial charge < -0.3 is 10.1 Å². The number of nitrogens with one attached hydrogen (secondary N) is 1. The van der Waals surface area contributed by atoms with Gasteiger partial charge in [0.2, 0.25) is 0 Å². The maximum absolute atomic E-state index is 13.8. The maximum Gasteiger partial charge on any atom is 0.165 e. The summed E-state index contributed by atoms with van der Waals surface area (Å²) in [6.07, 6.45) is 0.770. The molecular formula is C16H20FNOS. The zero-order valence-electron chi connectivity index (χ0n) is 12.1. The number of methoxy groups -OCH3 is 1. The maximum atomic E-state index is 13.8. The van der Waals surface area contributed by atoms with E-state index in [1.54, 1.807) is 23.5 Å². The highest BCUT2D eigenvalue weighted by Crippen LogP contribution is 2.26. The molecule has 1 aromatic heterocycles. The van der Waals surface area contributed by atoms with E-state index in [1.165, 1.54) is 18.2 Å². The van der Waals surface area contributed by atoms with Crippen LogP contribution in [0, 0.1) is 12.7 Å². The topological polar surface area (TPSA) is 21.3 Å². The van der Waals surface area contributed by atoms with Gasteiger partial charge in [0.15, 0.2) is 11.6 Å². The summed E-state index contributed by atoms with van der Waals surface area (Å²) in [5.41, 5.74) is 3.56. The van der Waals surface area contributed by atoms with Crippen molar-refractivity contribution >= 4 is 11.3 Å². The van der Waals surface area contributed by atoms with E-state index in [0.29, 0.717) is 5.75 Å². The van der Waals surface area contributed by atoms with Gasteiger partial charge in [0.05, 0.1) is 7.11 Å². The lowest BCUT2D eigenvalue weighted by molar-refractivity contribution is 0.386. The Bertz CT molecular complexity index is 567. The third kappa shape index (κ3) is 3.38. The van der Waals surface area contributed by atoms with E-state index in [1.807, 2.05) is 6.07 Å². The van der Waals surface area contributed by atoms with Gasteiger partial charge in [-0.3, -0.25) is 0 Å². The van der Waals surface area contributed by atoms with E-state index < -0.39 is 0 Å². The summed E-state index contributed by atoms with van der Waals surface area (Å²) in [7, 11) is 1.48. The molecular weight excluding hydrogens is 273 g/mol. The Balaban J connectivity index is 2.20. The molecule has 0 aliphatic heterocycles. The summed E-state index contributed by atoms with van der Waals surface area (Å²) >= 11 is 1.71. The monoisotopic (exact) mass is 293 g/mol. The van der Waals surface area contributed by atoms with Gasteiger partial charge in [0.25, 0.3) is 0 Å². The Labute approximate surface area is 123 Å². The van der Waals surface area contributed by atoms with Crippen LogP contribution in [0.25, 0.3) is 0 Å². The molecule has 108 valence electrons. The summed E-state index contributed by atoms with van der Waals surface area (Å²) in [5, 5.41) is 7.79. The minimum atomic E-state index is -0.303.